The number of alkyl halides is 1. The summed E-state index contributed by atoms with van der Waals surface area (Å²) in [6.45, 7) is -1.31. The van der Waals surface area contributed by atoms with Crippen molar-refractivity contribution in [1.82, 2.24) is 8.83 Å². The fourth-order valence-corrected chi connectivity index (χ4v) is 4.73. The van der Waals surface area contributed by atoms with E-state index >= 15 is 0 Å². The molecule has 1 aromatic carbocycles. The van der Waals surface area contributed by atoms with Gasteiger partial charge in [-0.05, 0) is 6.07 Å². The molecule has 0 aromatic heterocycles. The number of rotatable bonds is 10. The number of amides is 1. The molecule has 0 unspecified atom stereocenters. The molecule has 0 saturated heterocycles. The van der Waals surface area contributed by atoms with Gasteiger partial charge in [-0.25, -0.2) is 21.6 Å². The number of carbonyl (C=O) groups is 1. The first-order valence-corrected chi connectivity index (χ1v) is 12.1. The Morgan fingerprint density at radius 2 is 1.63 bits per heavy atom. The Balaban J connectivity index is 3.32. The third-order valence-corrected chi connectivity index (χ3v) is 5.82. The molecule has 1 rings (SSSR count). The molecular formula is C14H20ClN3O10S2. The fraction of sp³-hybridized carbons (Fsp3) is 0.500. The smallest absolute Gasteiger partial charge is 0.440 e. The molecule has 0 fully saturated rings. The summed E-state index contributed by atoms with van der Waals surface area (Å²) in [6.07, 6.45) is -0.346. The molecule has 1 amide bonds. The van der Waals surface area contributed by atoms with E-state index in [2.05, 4.69) is 0 Å². The van der Waals surface area contributed by atoms with E-state index in [4.69, 9.17) is 25.8 Å². The topological polar surface area (TPSA) is 163 Å². The average Bonchev–Trinajstić information content (AvgIpc) is 2.63. The molecule has 0 radical (unpaired) electrons. The van der Waals surface area contributed by atoms with E-state index in [1.165, 1.54) is 20.3 Å². The third-order valence-electron chi connectivity index (χ3n) is 3.46. The van der Waals surface area contributed by atoms with Gasteiger partial charge < -0.3 is 14.2 Å². The van der Waals surface area contributed by atoms with Gasteiger partial charge >= 0.3 is 6.09 Å². The molecule has 0 saturated carbocycles. The summed E-state index contributed by atoms with van der Waals surface area (Å²) in [5.74, 6) is -0.190. The van der Waals surface area contributed by atoms with E-state index in [1.54, 1.807) is 0 Å². The standard InChI is InChI=1S/C14H20ClN3O10S2/c1-26-12-7-10(11(18(20)21)8-13(12)27-2)9-28-14(19)17(30(4,24)25)16(6-5-15)29(3,22)23/h7-8H,5-6,9H2,1-4H3. The number of halogens is 1. The van der Waals surface area contributed by atoms with Crippen molar-refractivity contribution in [3.8, 4) is 11.5 Å². The number of methoxy groups -OCH3 is 2. The molecule has 0 bridgehead atoms. The van der Waals surface area contributed by atoms with Gasteiger partial charge in [-0.3, -0.25) is 10.1 Å². The number of hydrazine groups is 1. The number of ether oxygens (including phenoxy) is 3. The molecule has 30 heavy (non-hydrogen) atoms. The summed E-state index contributed by atoms with van der Waals surface area (Å²) in [6, 6.07) is 2.20. The van der Waals surface area contributed by atoms with Gasteiger partial charge in [-0.15, -0.1) is 16.0 Å². The number of nitro groups is 1. The molecule has 16 heteroatoms. The predicted molar refractivity (Wildman–Crippen MR) is 105 cm³/mol. The van der Waals surface area contributed by atoms with Gasteiger partial charge in [0.25, 0.3) is 15.7 Å². The lowest BCUT2D eigenvalue weighted by atomic mass is 10.1. The Kier molecular flexibility index (Phi) is 8.64. The van der Waals surface area contributed by atoms with Crippen LogP contribution in [0.4, 0.5) is 10.5 Å². The van der Waals surface area contributed by atoms with Crippen molar-refractivity contribution in [2.75, 3.05) is 39.2 Å². The van der Waals surface area contributed by atoms with Crippen molar-refractivity contribution in [2.45, 2.75) is 6.61 Å². The van der Waals surface area contributed by atoms with Gasteiger partial charge in [0.1, 0.15) is 6.61 Å². The lowest BCUT2D eigenvalue weighted by Gasteiger charge is -2.29. The Morgan fingerprint density at radius 3 is 2.03 bits per heavy atom. The molecular weight excluding hydrogens is 470 g/mol. The number of nitrogens with zero attached hydrogens (tertiary/aromatic N) is 3. The highest BCUT2D eigenvalue weighted by molar-refractivity contribution is 7.91. The summed E-state index contributed by atoms with van der Waals surface area (Å²) in [7, 11) is -6.14. The molecule has 1 aromatic rings. The van der Waals surface area contributed by atoms with E-state index in [0.29, 0.717) is 12.5 Å². The van der Waals surface area contributed by atoms with Gasteiger partial charge in [0.05, 0.1) is 43.3 Å². The number of hydrogen-bond donors (Lipinski definition) is 0. The summed E-state index contributed by atoms with van der Waals surface area (Å²) in [5.41, 5.74) is -0.644. The van der Waals surface area contributed by atoms with Crippen molar-refractivity contribution in [2.24, 2.45) is 0 Å². The fourth-order valence-electron chi connectivity index (χ4n) is 2.25. The highest BCUT2D eigenvalue weighted by Crippen LogP contribution is 2.35. The van der Waals surface area contributed by atoms with Crippen LogP contribution in [0.25, 0.3) is 0 Å². The number of benzene rings is 1. The van der Waals surface area contributed by atoms with E-state index < -0.39 is 49.9 Å². The second kappa shape index (κ2) is 10.1. The molecule has 13 nitrogen and oxygen atoms in total. The minimum atomic E-state index is -4.45. The van der Waals surface area contributed by atoms with Crippen LogP contribution in [-0.2, 0) is 31.4 Å². The third kappa shape index (κ3) is 6.32. The van der Waals surface area contributed by atoms with Crippen LogP contribution >= 0.6 is 11.6 Å². The lowest BCUT2D eigenvalue weighted by Crippen LogP contribution is -2.52. The Morgan fingerprint density at radius 1 is 1.10 bits per heavy atom. The number of sulfonamides is 2. The number of hydrogen-bond acceptors (Lipinski definition) is 10. The van der Waals surface area contributed by atoms with Crippen LogP contribution in [-0.4, -0.2) is 75.8 Å². The van der Waals surface area contributed by atoms with Crippen molar-refractivity contribution in [3.63, 3.8) is 0 Å². The largest absolute Gasteiger partial charge is 0.493 e. The van der Waals surface area contributed by atoms with Gasteiger partial charge in [0.2, 0.25) is 10.0 Å². The zero-order chi connectivity index (χ0) is 23.3. The first kappa shape index (κ1) is 25.7. The Bertz CT molecular complexity index is 1010. The average molecular weight is 490 g/mol. The summed E-state index contributed by atoms with van der Waals surface area (Å²) in [4.78, 5) is 23.0. The first-order chi connectivity index (χ1) is 13.8. The maximum atomic E-state index is 12.4. The van der Waals surface area contributed by atoms with Crippen LogP contribution < -0.4 is 9.47 Å². The zero-order valence-corrected chi connectivity index (χ0v) is 18.8. The molecule has 0 N–H and O–H groups in total. The summed E-state index contributed by atoms with van der Waals surface area (Å²) >= 11 is 5.51. The summed E-state index contributed by atoms with van der Waals surface area (Å²) < 4.78 is 62.9. The van der Waals surface area contributed by atoms with Crippen molar-refractivity contribution in [1.29, 1.82) is 0 Å². The SMILES string of the molecule is COc1cc(COC(=O)N(N(CCCl)S(C)(=O)=O)S(C)(=O)=O)c([N+](=O)[O-])cc1OC. The van der Waals surface area contributed by atoms with Gasteiger partial charge in [0, 0.05) is 12.4 Å². The van der Waals surface area contributed by atoms with Gasteiger partial charge in [0.15, 0.2) is 11.5 Å². The maximum Gasteiger partial charge on any atom is 0.440 e. The predicted octanol–water partition coefficient (Wildman–Crippen LogP) is 0.926. The van der Waals surface area contributed by atoms with Crippen LogP contribution in [0.5, 0.6) is 11.5 Å². The van der Waals surface area contributed by atoms with E-state index in [-0.39, 0.29) is 31.8 Å². The Hall–Kier alpha value is -2.36. The van der Waals surface area contributed by atoms with Crippen molar-refractivity contribution < 1.29 is 40.8 Å². The molecule has 0 aliphatic carbocycles. The number of carbonyl (C=O) groups excluding carboxylic acids is 1. The molecule has 0 aliphatic rings. The zero-order valence-electron chi connectivity index (χ0n) is 16.4. The molecule has 0 heterocycles. The molecule has 0 spiro atoms. The monoisotopic (exact) mass is 489 g/mol. The van der Waals surface area contributed by atoms with Crippen LogP contribution in [0.1, 0.15) is 5.56 Å². The van der Waals surface area contributed by atoms with E-state index in [9.17, 15) is 31.7 Å². The summed E-state index contributed by atoms with van der Waals surface area (Å²) in [5, 5.41) is 11.3. The van der Waals surface area contributed by atoms with Gasteiger partial charge in [-0.1, -0.05) is 4.41 Å². The van der Waals surface area contributed by atoms with Crippen LogP contribution in [0.3, 0.4) is 0 Å². The molecule has 0 atom stereocenters. The van der Waals surface area contributed by atoms with Crippen molar-refractivity contribution >= 4 is 43.4 Å². The van der Waals surface area contributed by atoms with E-state index in [1.807, 2.05) is 0 Å². The normalized spacial score (nSPS) is 11.8. The minimum Gasteiger partial charge on any atom is -0.493 e. The van der Waals surface area contributed by atoms with Crippen molar-refractivity contribution in [3.05, 3.63) is 27.8 Å². The van der Waals surface area contributed by atoms with Crippen LogP contribution in [0.15, 0.2) is 12.1 Å². The highest BCUT2D eigenvalue weighted by Gasteiger charge is 2.37. The second-order valence-electron chi connectivity index (χ2n) is 5.65. The number of nitro benzene ring substituents is 1. The quantitative estimate of drug-likeness (QED) is 0.262. The Labute approximate surface area is 178 Å². The maximum absolute atomic E-state index is 12.4. The molecule has 170 valence electrons. The first-order valence-electron chi connectivity index (χ1n) is 7.87. The highest BCUT2D eigenvalue weighted by atomic mass is 35.5. The minimum absolute atomic E-state index is 0.0439. The van der Waals surface area contributed by atoms with E-state index in [0.717, 1.165) is 6.07 Å². The van der Waals surface area contributed by atoms with Crippen LogP contribution in [0, 0.1) is 10.1 Å². The van der Waals surface area contributed by atoms with Gasteiger partial charge in [-0.2, -0.15) is 0 Å². The second-order valence-corrected chi connectivity index (χ2v) is 9.73. The molecule has 0 aliphatic heterocycles. The lowest BCUT2D eigenvalue weighted by molar-refractivity contribution is -0.385. The van der Waals surface area contributed by atoms with Crippen LogP contribution in [0.2, 0.25) is 0 Å².